The molecule has 34 heavy (non-hydrogen) atoms. The summed E-state index contributed by atoms with van der Waals surface area (Å²) in [5.74, 6) is -1.94. The third-order valence-electron chi connectivity index (χ3n) is 5.52. The molecule has 1 aromatic heterocycles. The van der Waals surface area contributed by atoms with Crippen LogP contribution in [0.2, 0.25) is 0 Å². The molecule has 3 aromatic rings. The molecule has 0 bridgehead atoms. The molecular formula is C25H27N3O6. The number of aryl methyl sites for hydroxylation is 2. The number of nitrogens with one attached hydrogen (secondary N) is 2. The molecule has 2 aromatic carbocycles. The molecule has 4 N–H and O–H groups in total. The van der Waals surface area contributed by atoms with Crippen LogP contribution >= 0.6 is 0 Å². The number of amides is 1. The van der Waals surface area contributed by atoms with E-state index in [1.165, 1.54) is 27.7 Å². The first-order chi connectivity index (χ1) is 16.3. The average Bonchev–Trinajstić information content (AvgIpc) is 3.36. The standard InChI is InChI=1S/C21H23N3O2.C4H4O4/c1-22-21(25)26-15-8-11-19-17(12-15)16-9-10-18(20(16)24(19)2)23-13-14-6-4-3-5-7-14;5-3(6)1-2-4(7)8/h3-8,11-12,18,23H,9-10,13H2,1-2H3,(H,22,25);1-2H,(H,5,6)(H,7,8)/b;2-1-. The van der Waals surface area contributed by atoms with Gasteiger partial charge in [-0.3, -0.25) is 0 Å². The molecule has 9 nitrogen and oxygen atoms in total. The van der Waals surface area contributed by atoms with Crippen molar-refractivity contribution in [2.24, 2.45) is 7.05 Å². The number of hydrogen-bond acceptors (Lipinski definition) is 5. The van der Waals surface area contributed by atoms with Gasteiger partial charge in [-0.1, -0.05) is 30.3 Å². The number of carboxylic acids is 2. The number of aliphatic carboxylic acids is 2. The predicted octanol–water partition coefficient (Wildman–Crippen LogP) is 3.39. The minimum Gasteiger partial charge on any atom is -0.478 e. The molecule has 0 fully saturated rings. The van der Waals surface area contributed by atoms with E-state index in [4.69, 9.17) is 14.9 Å². The fourth-order valence-corrected chi connectivity index (χ4v) is 4.05. The fraction of sp³-hybridized carbons (Fsp3) is 0.240. The third-order valence-corrected chi connectivity index (χ3v) is 5.52. The number of aromatic nitrogens is 1. The van der Waals surface area contributed by atoms with Gasteiger partial charge in [0.1, 0.15) is 5.75 Å². The van der Waals surface area contributed by atoms with Crippen molar-refractivity contribution in [2.45, 2.75) is 25.4 Å². The Morgan fingerprint density at radius 1 is 1.09 bits per heavy atom. The molecule has 0 saturated carbocycles. The summed E-state index contributed by atoms with van der Waals surface area (Å²) < 4.78 is 7.57. The van der Waals surface area contributed by atoms with Gasteiger partial charge in [0.2, 0.25) is 0 Å². The molecule has 1 aliphatic rings. The molecule has 0 aliphatic heterocycles. The first-order valence-electron chi connectivity index (χ1n) is 10.7. The molecule has 9 heteroatoms. The van der Waals surface area contributed by atoms with Crippen molar-refractivity contribution in [3.8, 4) is 5.75 Å². The Hall–Kier alpha value is -4.11. The maximum Gasteiger partial charge on any atom is 0.412 e. The zero-order valence-electron chi connectivity index (χ0n) is 18.9. The highest BCUT2D eigenvalue weighted by atomic mass is 16.5. The largest absolute Gasteiger partial charge is 0.478 e. The van der Waals surface area contributed by atoms with Gasteiger partial charge < -0.3 is 30.2 Å². The van der Waals surface area contributed by atoms with Crippen molar-refractivity contribution in [3.63, 3.8) is 0 Å². The normalized spacial score (nSPS) is 14.4. The first kappa shape index (κ1) is 24.5. The molecule has 1 aliphatic carbocycles. The molecule has 0 saturated heterocycles. The quantitative estimate of drug-likeness (QED) is 0.411. The summed E-state index contributed by atoms with van der Waals surface area (Å²) in [6.45, 7) is 0.859. The zero-order chi connectivity index (χ0) is 24.7. The van der Waals surface area contributed by atoms with Crippen LogP contribution < -0.4 is 15.4 Å². The Morgan fingerprint density at radius 2 is 1.76 bits per heavy atom. The molecule has 0 radical (unpaired) electrons. The van der Waals surface area contributed by atoms with E-state index in [0.29, 0.717) is 23.9 Å². The van der Waals surface area contributed by atoms with Gasteiger partial charge >= 0.3 is 18.0 Å². The Morgan fingerprint density at radius 3 is 2.38 bits per heavy atom. The molecule has 4 rings (SSSR count). The van der Waals surface area contributed by atoms with Gasteiger partial charge in [0.15, 0.2) is 0 Å². The molecule has 1 amide bonds. The fourth-order valence-electron chi connectivity index (χ4n) is 4.05. The van der Waals surface area contributed by atoms with Crippen molar-refractivity contribution in [1.82, 2.24) is 15.2 Å². The molecule has 0 spiro atoms. The van der Waals surface area contributed by atoms with Crippen molar-refractivity contribution in [2.75, 3.05) is 7.05 Å². The second-order valence-corrected chi connectivity index (χ2v) is 7.71. The molecule has 1 atom stereocenters. The van der Waals surface area contributed by atoms with Crippen LogP contribution in [0.1, 0.15) is 29.3 Å². The van der Waals surface area contributed by atoms with E-state index in [2.05, 4.69) is 46.5 Å². The maximum absolute atomic E-state index is 11.5. The van der Waals surface area contributed by atoms with Crippen molar-refractivity contribution >= 4 is 28.9 Å². The lowest BCUT2D eigenvalue weighted by Gasteiger charge is -2.15. The highest BCUT2D eigenvalue weighted by molar-refractivity contribution is 5.90. The van der Waals surface area contributed by atoms with E-state index in [1.807, 2.05) is 24.3 Å². The minimum atomic E-state index is -1.26. The highest BCUT2D eigenvalue weighted by Gasteiger charge is 2.28. The first-order valence-corrected chi connectivity index (χ1v) is 10.7. The summed E-state index contributed by atoms with van der Waals surface area (Å²) in [6.07, 6.45) is 2.79. The number of hydrogen-bond donors (Lipinski definition) is 4. The van der Waals surface area contributed by atoms with Crippen LogP contribution in [0.15, 0.2) is 60.7 Å². The zero-order valence-corrected chi connectivity index (χ0v) is 18.9. The van der Waals surface area contributed by atoms with Gasteiger partial charge in [-0.05, 0) is 42.2 Å². The van der Waals surface area contributed by atoms with Gasteiger partial charge in [0.05, 0.1) is 0 Å². The van der Waals surface area contributed by atoms with E-state index in [9.17, 15) is 14.4 Å². The molecule has 1 unspecified atom stereocenters. The number of carbonyl (C=O) groups excluding carboxylic acids is 1. The maximum atomic E-state index is 11.5. The summed E-state index contributed by atoms with van der Waals surface area (Å²) in [5.41, 5.74) is 5.16. The number of nitrogens with zero attached hydrogens (tertiary/aromatic N) is 1. The van der Waals surface area contributed by atoms with Crippen LogP contribution in [0.4, 0.5) is 4.79 Å². The number of fused-ring (bicyclic) bond motifs is 3. The van der Waals surface area contributed by atoms with Crippen LogP contribution in [-0.2, 0) is 29.6 Å². The Bertz CT molecular complexity index is 1200. The van der Waals surface area contributed by atoms with Gasteiger partial charge in [-0.2, -0.15) is 0 Å². The summed E-state index contributed by atoms with van der Waals surface area (Å²) in [7, 11) is 3.67. The second kappa shape index (κ2) is 11.2. The topological polar surface area (TPSA) is 130 Å². The number of ether oxygens (including phenoxy) is 1. The second-order valence-electron chi connectivity index (χ2n) is 7.71. The smallest absolute Gasteiger partial charge is 0.412 e. The van der Waals surface area contributed by atoms with Gasteiger partial charge in [-0.25, -0.2) is 14.4 Å². The van der Waals surface area contributed by atoms with E-state index in [0.717, 1.165) is 19.4 Å². The van der Waals surface area contributed by atoms with Gasteiger partial charge in [-0.15, -0.1) is 0 Å². The monoisotopic (exact) mass is 465 g/mol. The number of benzene rings is 2. The lowest BCUT2D eigenvalue weighted by atomic mass is 10.1. The molecule has 1 heterocycles. The molecular weight excluding hydrogens is 438 g/mol. The Labute approximate surface area is 196 Å². The summed E-state index contributed by atoms with van der Waals surface area (Å²) in [5, 5.41) is 23.0. The highest BCUT2D eigenvalue weighted by Crippen LogP contribution is 2.39. The lowest BCUT2D eigenvalue weighted by molar-refractivity contribution is -0.134. The Kier molecular flexibility index (Phi) is 8.05. The van der Waals surface area contributed by atoms with E-state index in [-0.39, 0.29) is 0 Å². The number of rotatable bonds is 6. The van der Waals surface area contributed by atoms with Crippen molar-refractivity contribution < 1.29 is 29.3 Å². The summed E-state index contributed by atoms with van der Waals surface area (Å²) >= 11 is 0. The molecule has 178 valence electrons. The van der Waals surface area contributed by atoms with Crippen molar-refractivity contribution in [1.29, 1.82) is 0 Å². The van der Waals surface area contributed by atoms with Crippen LogP contribution in [0.3, 0.4) is 0 Å². The Balaban J connectivity index is 0.000000350. The summed E-state index contributed by atoms with van der Waals surface area (Å²) in [4.78, 5) is 30.6. The van der Waals surface area contributed by atoms with Gasteiger partial charge in [0, 0.05) is 55.4 Å². The third kappa shape index (κ3) is 6.02. The van der Waals surface area contributed by atoms with Crippen LogP contribution in [0.25, 0.3) is 10.9 Å². The van der Waals surface area contributed by atoms with Crippen LogP contribution in [0.5, 0.6) is 5.75 Å². The number of carboxylic acid groups (broad SMARTS) is 2. The van der Waals surface area contributed by atoms with Gasteiger partial charge in [0.25, 0.3) is 0 Å². The predicted molar refractivity (Wildman–Crippen MR) is 127 cm³/mol. The number of carbonyl (C=O) groups is 3. The van der Waals surface area contributed by atoms with E-state index in [1.54, 1.807) is 7.05 Å². The van der Waals surface area contributed by atoms with Crippen LogP contribution in [0, 0.1) is 0 Å². The van der Waals surface area contributed by atoms with Crippen LogP contribution in [-0.4, -0.2) is 39.9 Å². The average molecular weight is 466 g/mol. The van der Waals surface area contributed by atoms with E-state index >= 15 is 0 Å². The summed E-state index contributed by atoms with van der Waals surface area (Å²) in [6, 6.07) is 16.7. The van der Waals surface area contributed by atoms with Crippen molar-refractivity contribution in [3.05, 3.63) is 77.5 Å². The lowest BCUT2D eigenvalue weighted by Crippen LogP contribution is -2.21. The minimum absolute atomic E-state index is 0.339. The van der Waals surface area contributed by atoms with E-state index < -0.39 is 18.0 Å². The SMILES string of the molecule is CNC(=O)Oc1ccc2c(c1)c1c(n2C)C(NCc2ccccc2)CC1.O=C(O)/C=C\C(=O)O.